The van der Waals surface area contributed by atoms with E-state index in [1.807, 2.05) is 0 Å². The molecule has 43 heavy (non-hydrogen) atoms. The van der Waals surface area contributed by atoms with Crippen LogP contribution in [0.2, 0.25) is 0 Å². The maximum absolute atomic E-state index is 5.33. The predicted octanol–water partition coefficient (Wildman–Crippen LogP) is 9.59. The fourth-order valence-electron chi connectivity index (χ4n) is 6.32. The van der Waals surface area contributed by atoms with Gasteiger partial charge in [0.2, 0.25) is 5.69 Å². The summed E-state index contributed by atoms with van der Waals surface area (Å²) in [5.74, 6) is 0.918. The van der Waals surface area contributed by atoms with Crippen LogP contribution in [0.15, 0.2) is 146 Å². The second-order valence-corrected chi connectivity index (χ2v) is 11.6. The van der Waals surface area contributed by atoms with Crippen LogP contribution in [0.5, 0.6) is 0 Å². The Bertz CT molecular complexity index is 1960. The van der Waals surface area contributed by atoms with E-state index in [1.54, 1.807) is 0 Å². The van der Waals surface area contributed by atoms with Crippen LogP contribution in [0.3, 0.4) is 0 Å². The van der Waals surface area contributed by atoms with Gasteiger partial charge < -0.3 is 0 Å². The number of aromatic nitrogens is 2. The normalized spacial score (nSPS) is 13.9. The minimum atomic E-state index is -0.0517. The molecule has 0 bridgehead atoms. The van der Waals surface area contributed by atoms with Crippen LogP contribution in [0.1, 0.15) is 25.0 Å². The first-order valence-electron chi connectivity index (χ1n) is 14.8. The van der Waals surface area contributed by atoms with Gasteiger partial charge in [-0.1, -0.05) is 121 Å². The van der Waals surface area contributed by atoms with Crippen LogP contribution in [0, 0.1) is 0 Å². The Labute approximate surface area is 253 Å². The van der Waals surface area contributed by atoms with Gasteiger partial charge in [0.1, 0.15) is 12.9 Å². The Hall–Kier alpha value is -5.28. The molecule has 0 amide bonds. The molecule has 3 heteroatoms. The molecule has 1 aromatic heterocycles. The number of benzene rings is 5. The zero-order valence-electron chi connectivity index (χ0n) is 24.8. The Kier molecular flexibility index (Phi) is 6.71. The highest BCUT2D eigenvalue weighted by Crippen LogP contribution is 2.40. The first-order chi connectivity index (χ1) is 21.0. The second-order valence-electron chi connectivity index (χ2n) is 11.6. The first kappa shape index (κ1) is 26.6. The van der Waals surface area contributed by atoms with Crippen molar-refractivity contribution in [3.8, 4) is 39.6 Å². The van der Waals surface area contributed by atoms with Crippen molar-refractivity contribution in [2.24, 2.45) is 0 Å². The summed E-state index contributed by atoms with van der Waals surface area (Å²) in [6, 6.07) is 49.0. The highest BCUT2D eigenvalue weighted by molar-refractivity contribution is 6.05. The minimum absolute atomic E-state index is 0.0517. The molecular weight excluding hydrogens is 522 g/mol. The van der Waals surface area contributed by atoms with Gasteiger partial charge in [0.25, 0.3) is 0 Å². The monoisotopic (exact) mass is 556 g/mol. The van der Waals surface area contributed by atoms with Gasteiger partial charge in [-0.2, -0.15) is 4.58 Å². The molecule has 1 aliphatic heterocycles. The lowest BCUT2D eigenvalue weighted by atomic mass is 9.81. The lowest BCUT2D eigenvalue weighted by Crippen LogP contribution is -2.26. The van der Waals surface area contributed by atoms with Crippen LogP contribution in [-0.4, -0.2) is 26.9 Å². The number of allylic oxidation sites excluding steroid dienone is 1. The van der Waals surface area contributed by atoms with Crippen molar-refractivity contribution in [2.75, 3.05) is 7.05 Å². The molecule has 0 saturated heterocycles. The maximum atomic E-state index is 5.33. The van der Waals surface area contributed by atoms with Gasteiger partial charge in [-0.05, 0) is 37.6 Å². The molecule has 0 unspecified atom stereocenters. The van der Waals surface area contributed by atoms with Crippen molar-refractivity contribution in [3.05, 3.63) is 157 Å². The fraction of sp³-hybridized carbons (Fsp3) is 0.100. The third kappa shape index (κ3) is 4.73. The van der Waals surface area contributed by atoms with Crippen molar-refractivity contribution in [1.29, 1.82) is 0 Å². The fourth-order valence-corrected chi connectivity index (χ4v) is 6.32. The van der Waals surface area contributed by atoms with Gasteiger partial charge in [-0.3, -0.25) is 4.57 Å². The maximum Gasteiger partial charge on any atom is 0.209 e. The number of fused-ring (bicyclic) bond motifs is 1. The van der Waals surface area contributed by atoms with Gasteiger partial charge >= 0.3 is 0 Å². The number of hydrogen-bond donors (Lipinski definition) is 0. The molecule has 0 radical (unpaired) electrons. The average molecular weight is 557 g/mol. The number of para-hydroxylation sites is 2. The molecule has 0 fully saturated rings. The SMILES string of the molecule is C[N+]1=C(/C=C/c2ccc(-c3nc(-c4ccccc4)c(-c4ccccc4)n3-c3ccccc3)cc2)C(C)(C)c2ccccc21. The largest absolute Gasteiger partial charge is 0.292 e. The smallest absolute Gasteiger partial charge is 0.209 e. The summed E-state index contributed by atoms with van der Waals surface area (Å²) in [4.78, 5) is 5.33. The topological polar surface area (TPSA) is 20.8 Å². The summed E-state index contributed by atoms with van der Waals surface area (Å²) in [7, 11) is 2.16. The van der Waals surface area contributed by atoms with E-state index in [4.69, 9.17) is 4.98 Å². The lowest BCUT2D eigenvalue weighted by molar-refractivity contribution is -0.401. The van der Waals surface area contributed by atoms with E-state index < -0.39 is 0 Å². The summed E-state index contributed by atoms with van der Waals surface area (Å²) < 4.78 is 4.61. The molecule has 3 nitrogen and oxygen atoms in total. The van der Waals surface area contributed by atoms with Crippen LogP contribution in [0.4, 0.5) is 5.69 Å². The van der Waals surface area contributed by atoms with E-state index in [-0.39, 0.29) is 5.41 Å². The Morgan fingerprint density at radius 2 is 1.19 bits per heavy atom. The third-order valence-electron chi connectivity index (χ3n) is 8.53. The molecule has 2 heterocycles. The number of imidazole rings is 1. The average Bonchev–Trinajstić information content (AvgIpc) is 3.55. The van der Waals surface area contributed by atoms with Gasteiger partial charge in [0.05, 0.1) is 16.8 Å². The van der Waals surface area contributed by atoms with E-state index in [2.05, 4.69) is 182 Å². The molecule has 0 saturated carbocycles. The molecule has 0 N–H and O–H groups in total. The molecule has 0 spiro atoms. The van der Waals surface area contributed by atoms with Crippen LogP contribution in [-0.2, 0) is 5.41 Å². The minimum Gasteiger partial charge on any atom is -0.292 e. The predicted molar refractivity (Wildman–Crippen MR) is 179 cm³/mol. The van der Waals surface area contributed by atoms with Crippen molar-refractivity contribution < 1.29 is 4.58 Å². The van der Waals surface area contributed by atoms with E-state index in [9.17, 15) is 0 Å². The molecule has 208 valence electrons. The highest BCUT2D eigenvalue weighted by Gasteiger charge is 2.42. The molecule has 6 aromatic rings. The lowest BCUT2D eigenvalue weighted by Gasteiger charge is -2.15. The summed E-state index contributed by atoms with van der Waals surface area (Å²) in [5, 5.41) is 0. The van der Waals surface area contributed by atoms with Crippen molar-refractivity contribution in [1.82, 2.24) is 9.55 Å². The molecule has 0 atom stereocenters. The van der Waals surface area contributed by atoms with Crippen molar-refractivity contribution in [3.63, 3.8) is 0 Å². The Morgan fingerprint density at radius 3 is 1.84 bits per heavy atom. The molecule has 5 aromatic carbocycles. The van der Waals surface area contributed by atoms with E-state index in [0.717, 1.165) is 45.2 Å². The van der Waals surface area contributed by atoms with E-state index >= 15 is 0 Å². The summed E-state index contributed by atoms with van der Waals surface area (Å²) >= 11 is 0. The standard InChI is InChI=1S/C40H34N3/c1-40(2)34-21-13-14-22-35(34)42(3)36(40)28-25-29-23-26-32(27-24-29)39-41-37(30-15-7-4-8-16-30)38(31-17-9-5-10-18-31)43(39)33-19-11-6-12-20-33/h4-28H,1-3H3/q+1. The van der Waals surface area contributed by atoms with Gasteiger partial charge in [-0.25, -0.2) is 4.98 Å². The second kappa shape index (κ2) is 10.8. The van der Waals surface area contributed by atoms with Crippen molar-refractivity contribution >= 4 is 17.5 Å². The molecule has 1 aliphatic rings. The Balaban J connectivity index is 1.33. The summed E-state index contributed by atoms with van der Waals surface area (Å²) in [6.07, 6.45) is 4.48. The summed E-state index contributed by atoms with van der Waals surface area (Å²) in [6.45, 7) is 4.60. The number of hydrogen-bond acceptors (Lipinski definition) is 1. The van der Waals surface area contributed by atoms with E-state index in [1.165, 1.54) is 17.0 Å². The number of nitrogens with zero attached hydrogens (tertiary/aromatic N) is 3. The third-order valence-corrected chi connectivity index (χ3v) is 8.53. The zero-order chi connectivity index (χ0) is 29.4. The van der Waals surface area contributed by atoms with Crippen LogP contribution < -0.4 is 0 Å². The molecular formula is C40H34N3+. The highest BCUT2D eigenvalue weighted by atomic mass is 15.1. The molecule has 0 aliphatic carbocycles. The zero-order valence-corrected chi connectivity index (χ0v) is 24.8. The van der Waals surface area contributed by atoms with Crippen molar-refractivity contribution in [2.45, 2.75) is 19.3 Å². The van der Waals surface area contributed by atoms with Crippen LogP contribution >= 0.6 is 0 Å². The van der Waals surface area contributed by atoms with Gasteiger partial charge in [-0.15, -0.1) is 0 Å². The number of rotatable bonds is 6. The van der Waals surface area contributed by atoms with Gasteiger partial charge in [0.15, 0.2) is 5.71 Å². The quantitative estimate of drug-likeness (QED) is 0.187. The summed E-state index contributed by atoms with van der Waals surface area (Å²) in [5.41, 5.74) is 11.5. The first-order valence-corrected chi connectivity index (χ1v) is 14.8. The molecule has 7 rings (SSSR count). The Morgan fingerprint density at radius 1 is 0.605 bits per heavy atom. The van der Waals surface area contributed by atoms with Crippen LogP contribution in [0.25, 0.3) is 45.7 Å². The van der Waals surface area contributed by atoms with E-state index in [0.29, 0.717) is 0 Å². The van der Waals surface area contributed by atoms with Gasteiger partial charge in [0, 0.05) is 40.1 Å².